The van der Waals surface area contributed by atoms with Gasteiger partial charge in [0.2, 0.25) is 5.91 Å². The Hall–Kier alpha value is -2.89. The second kappa shape index (κ2) is 6.93. The van der Waals surface area contributed by atoms with Crippen molar-refractivity contribution in [3.63, 3.8) is 0 Å². The highest BCUT2D eigenvalue weighted by atomic mass is 16.2. The van der Waals surface area contributed by atoms with Crippen molar-refractivity contribution < 1.29 is 4.79 Å². The van der Waals surface area contributed by atoms with Crippen LogP contribution in [0.2, 0.25) is 0 Å². The zero-order valence-corrected chi connectivity index (χ0v) is 14.8. The number of amides is 1. The lowest BCUT2D eigenvalue weighted by atomic mass is 9.97. The number of likely N-dealkylation sites (N-methyl/N-ethyl adjacent to an activating group) is 1. The second-order valence-electron chi connectivity index (χ2n) is 6.20. The van der Waals surface area contributed by atoms with Crippen LogP contribution >= 0.6 is 0 Å². The van der Waals surface area contributed by atoms with E-state index in [0.29, 0.717) is 13.0 Å². The third kappa shape index (κ3) is 3.33. The van der Waals surface area contributed by atoms with E-state index >= 15 is 0 Å². The number of fused-ring (bicyclic) bond motifs is 1. The van der Waals surface area contributed by atoms with Crippen LogP contribution in [0.1, 0.15) is 27.2 Å². The van der Waals surface area contributed by atoms with Crippen LogP contribution in [0.15, 0.2) is 42.9 Å². The number of rotatable bonds is 6. The Morgan fingerprint density at radius 3 is 2.84 bits per heavy atom. The maximum atomic E-state index is 12.4. The Balaban J connectivity index is 1.93. The molecular formula is C19H23N5O. The van der Waals surface area contributed by atoms with Crippen molar-refractivity contribution in [3.05, 3.63) is 42.9 Å². The van der Waals surface area contributed by atoms with Gasteiger partial charge in [0.25, 0.3) is 0 Å². The monoisotopic (exact) mass is 337 g/mol. The number of nitrogens with zero attached hydrogens (tertiary/aromatic N) is 2. The summed E-state index contributed by atoms with van der Waals surface area (Å²) in [6.07, 6.45) is 6.09. The topological polar surface area (TPSA) is 82.7 Å². The molecule has 3 N–H and O–H groups in total. The molecule has 1 amide bonds. The van der Waals surface area contributed by atoms with E-state index in [4.69, 9.17) is 0 Å². The van der Waals surface area contributed by atoms with Crippen molar-refractivity contribution in [2.45, 2.75) is 32.7 Å². The first-order valence-electron chi connectivity index (χ1n) is 8.52. The summed E-state index contributed by atoms with van der Waals surface area (Å²) in [4.78, 5) is 24.3. The summed E-state index contributed by atoms with van der Waals surface area (Å²) < 4.78 is 0. The largest absolute Gasteiger partial charge is 0.371 e. The Morgan fingerprint density at radius 1 is 1.24 bits per heavy atom. The zero-order valence-electron chi connectivity index (χ0n) is 14.8. The molecule has 0 fully saturated rings. The average molecular weight is 337 g/mol. The fourth-order valence-electron chi connectivity index (χ4n) is 2.80. The van der Waals surface area contributed by atoms with Crippen molar-refractivity contribution in [1.29, 1.82) is 0 Å². The summed E-state index contributed by atoms with van der Waals surface area (Å²) in [7, 11) is 0. The van der Waals surface area contributed by atoms with E-state index in [2.05, 4.69) is 25.6 Å². The number of aromatic nitrogens is 3. The molecule has 0 aromatic carbocycles. The fourth-order valence-corrected chi connectivity index (χ4v) is 2.80. The Morgan fingerprint density at radius 2 is 2.08 bits per heavy atom. The number of carbonyl (C=O) groups excluding carboxylic acids is 1. The molecule has 0 aliphatic carbocycles. The lowest BCUT2D eigenvalue weighted by molar-refractivity contribution is -0.125. The molecule has 0 unspecified atom stereocenters. The molecule has 3 heterocycles. The Bertz CT molecular complexity index is 888. The summed E-state index contributed by atoms with van der Waals surface area (Å²) >= 11 is 0. The number of hydrogen-bond donors (Lipinski definition) is 3. The van der Waals surface area contributed by atoms with E-state index in [1.54, 1.807) is 12.4 Å². The highest BCUT2D eigenvalue weighted by molar-refractivity contribution is 5.93. The molecule has 3 aromatic heterocycles. The summed E-state index contributed by atoms with van der Waals surface area (Å²) in [5.41, 5.74) is 2.84. The van der Waals surface area contributed by atoms with Crippen LogP contribution in [0.25, 0.3) is 22.3 Å². The maximum Gasteiger partial charge on any atom is 0.245 e. The average Bonchev–Trinajstić information content (AvgIpc) is 3.06. The van der Waals surface area contributed by atoms with Crippen molar-refractivity contribution in [1.82, 2.24) is 20.3 Å². The van der Waals surface area contributed by atoms with Crippen molar-refractivity contribution in [2.75, 3.05) is 11.9 Å². The summed E-state index contributed by atoms with van der Waals surface area (Å²) in [6.45, 7) is 6.44. The van der Waals surface area contributed by atoms with E-state index in [-0.39, 0.29) is 5.91 Å². The number of aromatic amines is 1. The van der Waals surface area contributed by atoms with Gasteiger partial charge in [0.15, 0.2) is 0 Å². The number of nitrogens with one attached hydrogen (secondary N) is 3. The highest BCUT2D eigenvalue weighted by Crippen LogP contribution is 2.28. The molecule has 0 aliphatic heterocycles. The molecule has 25 heavy (non-hydrogen) atoms. The molecule has 0 saturated heterocycles. The van der Waals surface area contributed by atoms with E-state index in [0.717, 1.165) is 28.0 Å². The van der Waals surface area contributed by atoms with Crippen LogP contribution in [0.3, 0.4) is 0 Å². The van der Waals surface area contributed by atoms with E-state index in [1.807, 2.05) is 51.2 Å². The van der Waals surface area contributed by atoms with Crippen LogP contribution in [0, 0.1) is 0 Å². The summed E-state index contributed by atoms with van der Waals surface area (Å²) in [5.74, 6) is -0.00726. The third-order valence-corrected chi connectivity index (χ3v) is 4.45. The lowest BCUT2D eigenvalue weighted by Gasteiger charge is -2.29. The van der Waals surface area contributed by atoms with Crippen LogP contribution in [-0.4, -0.2) is 32.9 Å². The van der Waals surface area contributed by atoms with Gasteiger partial charge in [-0.2, -0.15) is 0 Å². The number of pyridine rings is 2. The first-order chi connectivity index (χ1) is 12.1. The van der Waals surface area contributed by atoms with E-state index in [1.165, 1.54) is 0 Å². The first kappa shape index (κ1) is 17.0. The molecule has 0 saturated carbocycles. The van der Waals surface area contributed by atoms with E-state index < -0.39 is 5.54 Å². The molecule has 0 bridgehead atoms. The molecule has 0 aliphatic rings. The maximum absolute atomic E-state index is 12.4. The smallest absolute Gasteiger partial charge is 0.245 e. The molecule has 3 aromatic rings. The van der Waals surface area contributed by atoms with Gasteiger partial charge in [0.05, 0.1) is 5.69 Å². The summed E-state index contributed by atoms with van der Waals surface area (Å²) in [6, 6.07) is 7.76. The molecule has 0 spiro atoms. The fraction of sp³-hybridized carbons (Fsp3) is 0.316. The van der Waals surface area contributed by atoms with Gasteiger partial charge in [0, 0.05) is 41.8 Å². The van der Waals surface area contributed by atoms with Gasteiger partial charge in [-0.05, 0) is 44.5 Å². The second-order valence-corrected chi connectivity index (χ2v) is 6.20. The Kier molecular flexibility index (Phi) is 4.70. The molecule has 6 nitrogen and oxygen atoms in total. The first-order valence-corrected chi connectivity index (χ1v) is 8.52. The van der Waals surface area contributed by atoms with Gasteiger partial charge < -0.3 is 15.6 Å². The van der Waals surface area contributed by atoms with Crippen LogP contribution in [0.5, 0.6) is 0 Å². The van der Waals surface area contributed by atoms with Crippen molar-refractivity contribution in [3.8, 4) is 11.3 Å². The predicted molar refractivity (Wildman–Crippen MR) is 100 cm³/mol. The minimum atomic E-state index is -0.670. The molecular weight excluding hydrogens is 314 g/mol. The molecule has 0 radical (unpaired) electrons. The minimum Gasteiger partial charge on any atom is -0.371 e. The number of anilines is 1. The van der Waals surface area contributed by atoms with E-state index in [9.17, 15) is 4.79 Å². The van der Waals surface area contributed by atoms with Gasteiger partial charge in [0.1, 0.15) is 11.2 Å². The van der Waals surface area contributed by atoms with Gasteiger partial charge in [-0.3, -0.25) is 9.78 Å². The van der Waals surface area contributed by atoms with Gasteiger partial charge in [-0.15, -0.1) is 0 Å². The van der Waals surface area contributed by atoms with Crippen molar-refractivity contribution >= 4 is 22.6 Å². The predicted octanol–water partition coefficient (Wildman–Crippen LogP) is 3.34. The van der Waals surface area contributed by atoms with Crippen LogP contribution in [-0.2, 0) is 4.79 Å². The molecule has 6 heteroatoms. The minimum absolute atomic E-state index is 0.00726. The Labute approximate surface area is 147 Å². The highest BCUT2D eigenvalue weighted by Gasteiger charge is 2.30. The number of hydrogen-bond acceptors (Lipinski definition) is 4. The zero-order chi connectivity index (χ0) is 17.9. The van der Waals surface area contributed by atoms with Gasteiger partial charge in [-0.25, -0.2) is 4.98 Å². The number of carbonyl (C=O) groups is 1. The normalized spacial score (nSPS) is 13.4. The number of H-pyrrole nitrogens is 1. The standard InChI is InChI=1S/C19H23N5O/c1-4-19(3,18(25)20-5-2)24-13-8-10-21-16(11-13)15-12-23-17-14(15)7-6-9-22-17/h6-12H,4-5H2,1-3H3,(H,20,25)(H,21,24)(H,22,23)/t19-/m1/s1. The van der Waals surface area contributed by atoms with Gasteiger partial charge in [-0.1, -0.05) is 6.92 Å². The van der Waals surface area contributed by atoms with Crippen molar-refractivity contribution in [2.24, 2.45) is 0 Å². The van der Waals surface area contributed by atoms with Crippen LogP contribution in [0.4, 0.5) is 5.69 Å². The summed E-state index contributed by atoms with van der Waals surface area (Å²) in [5, 5.41) is 7.28. The lowest BCUT2D eigenvalue weighted by Crippen LogP contribution is -2.49. The molecule has 3 rings (SSSR count). The van der Waals surface area contributed by atoms with Gasteiger partial charge >= 0.3 is 0 Å². The third-order valence-electron chi connectivity index (χ3n) is 4.45. The quantitative estimate of drug-likeness (QED) is 0.644. The molecule has 130 valence electrons. The van der Waals surface area contributed by atoms with Crippen LogP contribution < -0.4 is 10.6 Å². The molecule has 1 atom stereocenters. The SMILES string of the molecule is CCNC(=O)[C@@](C)(CC)Nc1ccnc(-c2c[nH]c3ncccc23)c1.